The maximum atomic E-state index is 2.62. The van der Waals surface area contributed by atoms with Gasteiger partial charge in [0.15, 0.2) is 0 Å². The van der Waals surface area contributed by atoms with Crippen molar-refractivity contribution >= 4 is 49.4 Å². The number of hydrogen-bond acceptors (Lipinski definition) is 1. The molecule has 1 saturated carbocycles. The summed E-state index contributed by atoms with van der Waals surface area (Å²) in [6.07, 6.45) is 6.18. The summed E-state index contributed by atoms with van der Waals surface area (Å²) in [5.41, 5.74) is 24.3. The molecule has 0 radical (unpaired) electrons. The highest BCUT2D eigenvalue weighted by Gasteiger charge is 2.52. The van der Waals surface area contributed by atoms with Gasteiger partial charge in [0.1, 0.15) is 0 Å². The molecular formula is C73H51N. The first kappa shape index (κ1) is 41.8. The molecule has 12 aromatic rings. The van der Waals surface area contributed by atoms with Crippen LogP contribution < -0.4 is 4.90 Å². The molecule has 16 rings (SSSR count). The van der Waals surface area contributed by atoms with Crippen LogP contribution in [0.5, 0.6) is 0 Å². The van der Waals surface area contributed by atoms with Crippen molar-refractivity contribution in [1.82, 2.24) is 0 Å². The third kappa shape index (κ3) is 5.70. The van der Waals surface area contributed by atoms with Crippen LogP contribution >= 0.6 is 0 Å². The van der Waals surface area contributed by atoms with E-state index in [1.165, 1.54) is 159 Å². The first-order chi connectivity index (χ1) is 36.7. The molecule has 12 aromatic carbocycles. The predicted molar refractivity (Wildman–Crippen MR) is 310 cm³/mol. The lowest BCUT2D eigenvalue weighted by Crippen LogP contribution is -2.28. The van der Waals surface area contributed by atoms with Gasteiger partial charge in [0.05, 0.1) is 11.1 Å². The lowest BCUT2D eigenvalue weighted by molar-refractivity contribution is 0.353. The Morgan fingerprint density at radius 3 is 1.34 bits per heavy atom. The van der Waals surface area contributed by atoms with Crippen LogP contribution in [0.15, 0.2) is 249 Å². The minimum absolute atomic E-state index is 0.0140. The van der Waals surface area contributed by atoms with E-state index in [9.17, 15) is 0 Å². The van der Waals surface area contributed by atoms with Gasteiger partial charge in [-0.2, -0.15) is 0 Å². The summed E-state index contributed by atoms with van der Waals surface area (Å²) in [6.45, 7) is 0. The molecule has 74 heavy (non-hydrogen) atoms. The van der Waals surface area contributed by atoms with E-state index in [1.54, 1.807) is 0 Å². The average Bonchev–Trinajstić information content (AvgIpc) is 4.06. The smallest absolute Gasteiger partial charge is 0.0726 e. The highest BCUT2D eigenvalue weighted by atomic mass is 15.1. The summed E-state index contributed by atoms with van der Waals surface area (Å²) in [5.74, 6) is 0. The molecule has 1 fully saturated rings. The van der Waals surface area contributed by atoms with Gasteiger partial charge in [0.2, 0.25) is 0 Å². The van der Waals surface area contributed by atoms with Crippen LogP contribution in [-0.2, 0) is 10.8 Å². The molecule has 348 valence electrons. The number of benzene rings is 12. The third-order valence-electron chi connectivity index (χ3n) is 17.9. The predicted octanol–water partition coefficient (Wildman–Crippen LogP) is 19.5. The third-order valence-corrected chi connectivity index (χ3v) is 17.9. The van der Waals surface area contributed by atoms with Crippen LogP contribution in [0.2, 0.25) is 0 Å². The highest BCUT2D eigenvalue weighted by molar-refractivity contribution is 6.26. The van der Waals surface area contributed by atoms with Gasteiger partial charge in [0.25, 0.3) is 0 Å². The van der Waals surface area contributed by atoms with Crippen LogP contribution in [0.3, 0.4) is 0 Å². The molecular weight excluding hydrogens is 891 g/mol. The normalized spacial score (nSPS) is 15.0. The van der Waals surface area contributed by atoms with Crippen molar-refractivity contribution in [3.63, 3.8) is 0 Å². The fourth-order valence-electron chi connectivity index (χ4n) is 14.8. The van der Waals surface area contributed by atoms with Crippen molar-refractivity contribution in [2.24, 2.45) is 0 Å². The zero-order valence-electron chi connectivity index (χ0n) is 41.2. The molecule has 2 spiro atoms. The van der Waals surface area contributed by atoms with E-state index in [1.807, 2.05) is 0 Å². The van der Waals surface area contributed by atoms with E-state index in [0.29, 0.717) is 0 Å². The number of nitrogens with zero attached hydrogens (tertiary/aromatic N) is 1. The van der Waals surface area contributed by atoms with Crippen LogP contribution in [-0.4, -0.2) is 0 Å². The molecule has 4 aliphatic rings. The largest absolute Gasteiger partial charge is 0.310 e. The molecule has 1 heteroatoms. The molecule has 0 heterocycles. The van der Waals surface area contributed by atoms with Crippen LogP contribution in [0, 0.1) is 0 Å². The first-order valence-electron chi connectivity index (χ1n) is 26.7. The standard InChI is InChI=1S/C73H51N/c1-3-19-47(20-4-1)48-33-36-50(37-34-48)74(51-38-40-56-54-23-6-5-21-52(54)53-22-7-8-24-55(53)63(56)44-51)71-46-70-64(60-28-12-16-32-68(60)73(70)66-30-14-10-26-58(66)59-27-11-15-31-67(59)73)45-62(71)49-35-39-61-57-25-9-13-29-65(57)72(69(61)43-49)41-17-2-18-42-72/h1,3-16,19-40,43-46H,2,17-18,41-42H2. The Kier molecular flexibility index (Phi) is 8.96. The first-order valence-corrected chi connectivity index (χ1v) is 26.7. The molecule has 0 atom stereocenters. The summed E-state index contributed by atoms with van der Waals surface area (Å²) in [5, 5.41) is 7.62. The van der Waals surface area contributed by atoms with Crippen molar-refractivity contribution in [3.8, 4) is 55.6 Å². The van der Waals surface area contributed by atoms with E-state index in [-0.39, 0.29) is 5.41 Å². The molecule has 4 aliphatic carbocycles. The van der Waals surface area contributed by atoms with Crippen LogP contribution in [0.4, 0.5) is 17.1 Å². The Labute approximate surface area is 432 Å². The second-order valence-electron chi connectivity index (χ2n) is 21.3. The Morgan fingerprint density at radius 1 is 0.257 bits per heavy atom. The fourth-order valence-corrected chi connectivity index (χ4v) is 14.8. The topological polar surface area (TPSA) is 3.24 Å². The molecule has 0 saturated heterocycles. The number of anilines is 3. The zero-order valence-corrected chi connectivity index (χ0v) is 41.2. The van der Waals surface area contributed by atoms with Crippen LogP contribution in [0.25, 0.3) is 88.0 Å². The van der Waals surface area contributed by atoms with Crippen molar-refractivity contribution in [2.75, 3.05) is 4.90 Å². The van der Waals surface area contributed by atoms with Gasteiger partial charge >= 0.3 is 0 Å². The van der Waals surface area contributed by atoms with Gasteiger partial charge in [0, 0.05) is 22.4 Å². The Bertz CT molecular complexity index is 4200. The van der Waals surface area contributed by atoms with E-state index in [4.69, 9.17) is 0 Å². The van der Waals surface area contributed by atoms with Crippen molar-refractivity contribution in [3.05, 3.63) is 282 Å². The summed E-state index contributed by atoms with van der Waals surface area (Å²) in [4.78, 5) is 2.59. The van der Waals surface area contributed by atoms with E-state index in [2.05, 4.69) is 254 Å². The molecule has 0 aromatic heterocycles. The minimum Gasteiger partial charge on any atom is -0.310 e. The van der Waals surface area contributed by atoms with Gasteiger partial charge in [-0.3, -0.25) is 0 Å². The van der Waals surface area contributed by atoms with Crippen molar-refractivity contribution in [1.29, 1.82) is 0 Å². The molecule has 0 aliphatic heterocycles. The Morgan fingerprint density at radius 2 is 0.716 bits per heavy atom. The lowest BCUT2D eigenvalue weighted by atomic mass is 9.67. The van der Waals surface area contributed by atoms with Gasteiger partial charge in [-0.1, -0.05) is 226 Å². The monoisotopic (exact) mass is 941 g/mol. The Balaban J connectivity index is 1.02. The summed E-state index contributed by atoms with van der Waals surface area (Å²) >= 11 is 0. The maximum absolute atomic E-state index is 2.62. The molecule has 0 unspecified atom stereocenters. The minimum atomic E-state index is -0.514. The fraction of sp³-hybridized carbons (Fsp3) is 0.0959. The number of rotatable bonds is 5. The second-order valence-corrected chi connectivity index (χ2v) is 21.3. The van der Waals surface area contributed by atoms with Crippen molar-refractivity contribution in [2.45, 2.75) is 42.9 Å². The molecule has 1 nitrogen and oxygen atoms in total. The van der Waals surface area contributed by atoms with Crippen LogP contribution in [0.1, 0.15) is 65.5 Å². The summed E-state index contributed by atoms with van der Waals surface area (Å²) in [6, 6.07) is 95.0. The number of fused-ring (bicyclic) bond motifs is 21. The Hall–Kier alpha value is -8.78. The van der Waals surface area contributed by atoms with Gasteiger partial charge in [-0.15, -0.1) is 0 Å². The van der Waals surface area contributed by atoms with Gasteiger partial charge < -0.3 is 4.90 Å². The number of hydrogen-bond donors (Lipinski definition) is 0. The molecule has 0 bridgehead atoms. The van der Waals surface area contributed by atoms with Crippen molar-refractivity contribution < 1.29 is 0 Å². The lowest BCUT2D eigenvalue weighted by Gasteiger charge is -2.36. The second kappa shape index (κ2) is 15.9. The SMILES string of the molecule is c1ccc(-c2ccc(N(c3ccc4c5ccccc5c5ccccc5c4c3)c3cc4c(cc3-c3ccc5c(c3)C3(CCCCC3)c3ccccc3-5)-c3ccccc3C43c4ccccc4-c4ccccc43)cc2)cc1. The quantitative estimate of drug-likeness (QED) is 0.155. The van der Waals surface area contributed by atoms with E-state index in [0.717, 1.165) is 11.4 Å². The van der Waals surface area contributed by atoms with Gasteiger partial charge in [-0.05, 0) is 171 Å². The summed E-state index contributed by atoms with van der Waals surface area (Å²) < 4.78 is 0. The highest BCUT2D eigenvalue weighted by Crippen LogP contribution is 2.65. The van der Waals surface area contributed by atoms with E-state index >= 15 is 0 Å². The zero-order chi connectivity index (χ0) is 48.5. The summed E-state index contributed by atoms with van der Waals surface area (Å²) in [7, 11) is 0. The average molecular weight is 942 g/mol. The molecule has 0 amide bonds. The molecule has 0 N–H and O–H groups in total. The van der Waals surface area contributed by atoms with E-state index < -0.39 is 5.41 Å². The maximum Gasteiger partial charge on any atom is 0.0726 e. The van der Waals surface area contributed by atoms with Gasteiger partial charge in [-0.25, -0.2) is 0 Å².